The maximum atomic E-state index is 7.14. The number of halogens is 2. The van der Waals surface area contributed by atoms with Crippen LogP contribution in [0.5, 0.6) is 0 Å². The van der Waals surface area contributed by atoms with Gasteiger partial charge in [-0.1, -0.05) is 77.0 Å². The minimum absolute atomic E-state index is 0. The smallest absolute Gasteiger partial charge is 0.309 e. The van der Waals surface area contributed by atoms with Gasteiger partial charge in [-0.05, 0) is 51.4 Å². The largest absolute Gasteiger partial charge is 1.00 e. The summed E-state index contributed by atoms with van der Waals surface area (Å²) in [5, 5.41) is 1.17. The molecule has 0 N–H and O–H groups in total. The highest BCUT2D eigenvalue weighted by atomic mass is 35.5. The average molecular weight is 468 g/mol. The summed E-state index contributed by atoms with van der Waals surface area (Å²) >= 11 is 7.14. The van der Waals surface area contributed by atoms with Crippen molar-refractivity contribution in [2.45, 2.75) is 153 Å². The fourth-order valence-corrected chi connectivity index (χ4v) is 7.71. The topological polar surface area (TPSA) is 6.48 Å². The molecule has 1 aromatic carbocycles. The van der Waals surface area contributed by atoms with Crippen molar-refractivity contribution in [3.05, 3.63) is 5.02 Å². The first-order chi connectivity index (χ1) is 14.8. The van der Waals surface area contributed by atoms with Gasteiger partial charge in [0.15, 0.2) is 0 Å². The van der Waals surface area contributed by atoms with Crippen molar-refractivity contribution in [3.63, 3.8) is 0 Å². The Kier molecular flexibility index (Phi) is 8.71. The summed E-state index contributed by atoms with van der Waals surface area (Å²) in [6.45, 7) is 0. The Morgan fingerprint density at radius 2 is 0.677 bits per heavy atom. The lowest BCUT2D eigenvalue weighted by Crippen LogP contribution is -3.00. The van der Waals surface area contributed by atoms with Crippen molar-refractivity contribution < 1.29 is 12.4 Å². The van der Waals surface area contributed by atoms with Crippen LogP contribution in [0.25, 0.3) is 0 Å². The molecular formula is C27H44Cl2N2. The van der Waals surface area contributed by atoms with E-state index in [0.29, 0.717) is 0 Å². The molecule has 5 rings (SSSR count). The van der Waals surface area contributed by atoms with Gasteiger partial charge in [-0.2, -0.15) is 0 Å². The predicted molar refractivity (Wildman–Crippen MR) is 131 cm³/mol. The lowest BCUT2D eigenvalue weighted by molar-refractivity contribution is -0.00000619. The fourth-order valence-electron chi connectivity index (χ4n) is 7.38. The maximum Gasteiger partial charge on any atom is 0.309 e. The molecule has 4 aliphatic carbocycles. The lowest BCUT2D eigenvalue weighted by atomic mass is 9.88. The molecular weight excluding hydrogens is 423 g/mol. The van der Waals surface area contributed by atoms with E-state index in [0.717, 1.165) is 24.2 Å². The Hall–Kier alpha value is -0.210. The minimum atomic E-state index is 0. The Bertz CT molecular complexity index is 532. The molecule has 0 aromatic heterocycles. The van der Waals surface area contributed by atoms with Crippen LogP contribution in [0.1, 0.15) is 128 Å². The van der Waals surface area contributed by atoms with Gasteiger partial charge in [0, 0.05) is 35.8 Å². The molecule has 0 aliphatic heterocycles. The number of hydrogen-bond acceptors (Lipinski definition) is 2. The molecule has 4 saturated carbocycles. The Morgan fingerprint density at radius 3 is 0.903 bits per heavy atom. The van der Waals surface area contributed by atoms with Crippen LogP contribution in [0.4, 0.5) is 11.4 Å². The van der Waals surface area contributed by atoms with Gasteiger partial charge >= 0.3 is 16.4 Å². The molecule has 4 fully saturated rings. The van der Waals surface area contributed by atoms with Crippen LogP contribution in [0.15, 0.2) is 0 Å². The zero-order valence-corrected chi connectivity index (χ0v) is 21.1. The highest BCUT2D eigenvalue weighted by molar-refractivity contribution is 6.43. The number of anilines is 2. The fraction of sp³-hybridized carbons (Fsp3) is 0.889. The predicted octanol–water partition coefficient (Wildman–Crippen LogP) is 5.44. The minimum Gasteiger partial charge on any atom is -1.00 e. The first kappa shape index (κ1) is 23.9. The van der Waals surface area contributed by atoms with Gasteiger partial charge in [-0.15, -0.1) is 0 Å². The number of hydrogen-bond donors (Lipinski definition) is 0. The first-order valence-electron chi connectivity index (χ1n) is 13.7. The van der Waals surface area contributed by atoms with E-state index < -0.39 is 0 Å². The van der Waals surface area contributed by atoms with E-state index in [1.54, 1.807) is 0 Å². The summed E-state index contributed by atoms with van der Waals surface area (Å²) < 4.78 is 0. The zero-order valence-electron chi connectivity index (χ0n) is 19.6. The number of nitrogens with zero attached hydrogens (tertiary/aromatic N) is 2. The zero-order chi connectivity index (χ0) is 20.3. The molecule has 31 heavy (non-hydrogen) atoms. The molecule has 0 unspecified atom stereocenters. The first-order valence-corrected chi connectivity index (χ1v) is 14.1. The molecule has 4 aliphatic rings. The van der Waals surface area contributed by atoms with Crippen molar-refractivity contribution in [3.8, 4) is 0 Å². The third kappa shape index (κ3) is 5.32. The van der Waals surface area contributed by atoms with E-state index >= 15 is 0 Å². The SMILES string of the molecule is Cl[c+]1c(N(C2CCCCC2)C2CCCCC2)c1N(C1CCCCC1)C1CCCCC1.[Cl-]. The third-order valence-electron chi connectivity index (χ3n) is 8.97. The second-order valence-corrected chi connectivity index (χ2v) is 11.4. The maximum absolute atomic E-state index is 7.14. The van der Waals surface area contributed by atoms with Gasteiger partial charge in [0.2, 0.25) is 0 Å². The molecule has 1 aromatic rings. The van der Waals surface area contributed by atoms with E-state index in [2.05, 4.69) is 9.80 Å². The van der Waals surface area contributed by atoms with E-state index in [-0.39, 0.29) is 12.4 Å². The van der Waals surface area contributed by atoms with Crippen LogP contribution in [0, 0.1) is 0 Å². The second-order valence-electron chi connectivity index (χ2n) is 11.0. The molecule has 0 radical (unpaired) electrons. The molecule has 0 atom stereocenters. The summed E-state index contributed by atoms with van der Waals surface area (Å²) in [6.07, 6.45) is 28.3. The van der Waals surface area contributed by atoms with Crippen LogP contribution < -0.4 is 22.2 Å². The summed E-state index contributed by atoms with van der Waals surface area (Å²) in [5.74, 6) is 0. The van der Waals surface area contributed by atoms with Gasteiger partial charge in [-0.25, -0.2) is 0 Å². The van der Waals surface area contributed by atoms with E-state index in [4.69, 9.17) is 11.6 Å². The highest BCUT2D eigenvalue weighted by Crippen LogP contribution is 2.58. The summed E-state index contributed by atoms with van der Waals surface area (Å²) in [6, 6.07) is 3.01. The van der Waals surface area contributed by atoms with Crippen molar-refractivity contribution in [1.29, 1.82) is 0 Å². The van der Waals surface area contributed by atoms with Crippen LogP contribution in [-0.2, 0) is 0 Å². The Balaban J connectivity index is 0.00000231. The van der Waals surface area contributed by atoms with Crippen molar-refractivity contribution in [2.75, 3.05) is 9.80 Å². The summed E-state index contributed by atoms with van der Waals surface area (Å²) in [4.78, 5) is 5.82. The quantitative estimate of drug-likeness (QED) is 0.514. The second kappa shape index (κ2) is 11.3. The van der Waals surface area contributed by atoms with Crippen molar-refractivity contribution >= 4 is 23.0 Å². The van der Waals surface area contributed by atoms with Gasteiger partial charge < -0.3 is 12.4 Å². The molecule has 2 nitrogen and oxygen atoms in total. The normalized spacial score (nSPS) is 25.5. The lowest BCUT2D eigenvalue weighted by Gasteiger charge is -2.40. The molecule has 0 heterocycles. The van der Waals surface area contributed by atoms with Crippen LogP contribution in [-0.4, -0.2) is 24.2 Å². The van der Waals surface area contributed by atoms with Crippen LogP contribution in [0.2, 0.25) is 5.02 Å². The molecule has 176 valence electrons. The molecule has 0 bridgehead atoms. The molecule has 0 saturated heterocycles. The molecule has 0 spiro atoms. The third-order valence-corrected chi connectivity index (χ3v) is 9.32. The van der Waals surface area contributed by atoms with Gasteiger partial charge in [0.1, 0.15) is 0 Å². The molecule has 4 heteroatoms. The van der Waals surface area contributed by atoms with Crippen LogP contribution >= 0.6 is 11.6 Å². The van der Waals surface area contributed by atoms with Crippen molar-refractivity contribution in [2.24, 2.45) is 0 Å². The van der Waals surface area contributed by atoms with E-state index in [9.17, 15) is 0 Å². The highest BCUT2D eigenvalue weighted by Gasteiger charge is 2.54. The van der Waals surface area contributed by atoms with Gasteiger partial charge in [0.05, 0.1) is 0 Å². The standard InChI is InChI=1S/C27H44ClN2.ClH/c28-25-26(29(21-13-5-1-6-14-21)22-15-7-2-8-16-22)27(25)30(23-17-9-3-10-18-23)24-19-11-4-12-20-24;/h21-24H,1-20H2;1H/q+1;/p-1. The average Bonchev–Trinajstić information content (AvgIpc) is 3.46. The monoisotopic (exact) mass is 466 g/mol. The summed E-state index contributed by atoms with van der Waals surface area (Å²) in [5.41, 5.74) is 3.04. The molecule has 0 amide bonds. The van der Waals surface area contributed by atoms with E-state index in [1.165, 1.54) is 145 Å². The van der Waals surface area contributed by atoms with Gasteiger partial charge in [0.25, 0.3) is 0 Å². The van der Waals surface area contributed by atoms with Crippen LogP contribution in [0.3, 0.4) is 0 Å². The van der Waals surface area contributed by atoms with Crippen molar-refractivity contribution in [1.82, 2.24) is 0 Å². The Morgan fingerprint density at radius 1 is 0.452 bits per heavy atom. The van der Waals surface area contributed by atoms with E-state index in [1.807, 2.05) is 0 Å². The number of rotatable bonds is 6. The van der Waals surface area contributed by atoms with Gasteiger partial charge in [-0.3, -0.25) is 9.80 Å². The Labute approximate surface area is 202 Å². The summed E-state index contributed by atoms with van der Waals surface area (Å²) in [7, 11) is 0.